The third kappa shape index (κ3) is 5.03. The predicted molar refractivity (Wildman–Crippen MR) is 60.2 cm³/mol. The van der Waals surface area contributed by atoms with Gasteiger partial charge in [0.25, 0.3) is 0 Å². The van der Waals surface area contributed by atoms with Crippen LogP contribution >= 0.6 is 0 Å². The van der Waals surface area contributed by atoms with E-state index in [1.165, 1.54) is 31.6 Å². The smallest absolute Gasteiger partial charge is 0.485 e. The van der Waals surface area contributed by atoms with Crippen molar-refractivity contribution in [2.24, 2.45) is 0 Å². The molecular formula is C10H13F3N2O3S. The van der Waals surface area contributed by atoms with Crippen LogP contribution in [0.3, 0.4) is 0 Å². The van der Waals surface area contributed by atoms with Crippen LogP contribution in [0.4, 0.5) is 18.9 Å². The molecule has 0 unspecified atom stereocenters. The molecule has 1 aliphatic rings. The molecule has 0 bridgehead atoms. The molecule has 5 nitrogen and oxygen atoms in total. The van der Waals surface area contributed by atoms with E-state index in [4.69, 9.17) is 13.0 Å². The molecule has 1 aromatic heterocycles. The SMILES string of the molecule is O=S(=O)([O-])C(F)(F)F.c1cc(N2CCCC2)cc[nH+]1. The van der Waals surface area contributed by atoms with E-state index in [-0.39, 0.29) is 0 Å². The molecule has 0 atom stereocenters. The van der Waals surface area contributed by atoms with Gasteiger partial charge in [-0.15, -0.1) is 0 Å². The van der Waals surface area contributed by atoms with E-state index in [0.29, 0.717) is 0 Å². The van der Waals surface area contributed by atoms with Crippen LogP contribution in [0.2, 0.25) is 0 Å². The van der Waals surface area contributed by atoms with Crippen LogP contribution in [-0.2, 0) is 10.1 Å². The summed E-state index contributed by atoms with van der Waals surface area (Å²) < 4.78 is 58.9. The molecule has 0 radical (unpaired) electrons. The highest BCUT2D eigenvalue weighted by atomic mass is 32.2. The predicted octanol–water partition coefficient (Wildman–Crippen LogP) is 1.15. The maximum atomic E-state index is 10.7. The molecule has 0 aromatic carbocycles. The average molecular weight is 298 g/mol. The summed E-state index contributed by atoms with van der Waals surface area (Å²) in [5.74, 6) is 0. The Morgan fingerprint density at radius 2 is 1.58 bits per heavy atom. The molecule has 19 heavy (non-hydrogen) atoms. The Hall–Kier alpha value is -1.35. The molecule has 0 spiro atoms. The van der Waals surface area contributed by atoms with E-state index >= 15 is 0 Å². The van der Waals surface area contributed by atoms with Gasteiger partial charge >= 0.3 is 5.51 Å². The first-order valence-electron chi connectivity index (χ1n) is 5.45. The van der Waals surface area contributed by atoms with E-state index in [1.807, 2.05) is 12.4 Å². The van der Waals surface area contributed by atoms with Gasteiger partial charge in [0.15, 0.2) is 22.5 Å². The summed E-state index contributed by atoms with van der Waals surface area (Å²) in [4.78, 5) is 5.45. The molecule has 0 aliphatic carbocycles. The number of aromatic amines is 1. The number of aromatic nitrogens is 1. The van der Waals surface area contributed by atoms with Gasteiger partial charge in [0, 0.05) is 30.9 Å². The largest absolute Gasteiger partial charge is 0.741 e. The monoisotopic (exact) mass is 298 g/mol. The normalized spacial score (nSPS) is 15.9. The lowest BCUT2D eigenvalue weighted by Crippen LogP contribution is -2.21. The number of hydrogen-bond acceptors (Lipinski definition) is 4. The van der Waals surface area contributed by atoms with Crippen molar-refractivity contribution in [2.75, 3.05) is 18.0 Å². The molecule has 0 amide bonds. The number of rotatable bonds is 1. The van der Waals surface area contributed by atoms with Crippen molar-refractivity contribution in [2.45, 2.75) is 18.3 Å². The van der Waals surface area contributed by atoms with E-state index in [0.717, 1.165) is 0 Å². The van der Waals surface area contributed by atoms with Crippen LogP contribution in [0.5, 0.6) is 0 Å². The Morgan fingerprint density at radius 3 is 1.95 bits per heavy atom. The van der Waals surface area contributed by atoms with E-state index in [1.54, 1.807) is 0 Å². The number of anilines is 1. The number of nitrogens with zero attached hydrogens (tertiary/aromatic N) is 1. The summed E-state index contributed by atoms with van der Waals surface area (Å²) in [6.45, 7) is 2.45. The van der Waals surface area contributed by atoms with Crippen LogP contribution in [0.1, 0.15) is 12.8 Å². The minimum Gasteiger partial charge on any atom is -0.741 e. The van der Waals surface area contributed by atoms with Crippen LogP contribution in [-0.4, -0.2) is 31.6 Å². The van der Waals surface area contributed by atoms with Gasteiger partial charge in [0.1, 0.15) is 0 Å². The lowest BCUT2D eigenvalue weighted by Gasteiger charge is -2.15. The topological polar surface area (TPSA) is 74.6 Å². The van der Waals surface area contributed by atoms with Crippen molar-refractivity contribution < 1.29 is 31.1 Å². The van der Waals surface area contributed by atoms with Crippen LogP contribution in [0.15, 0.2) is 24.5 Å². The second kappa shape index (κ2) is 6.20. The average Bonchev–Trinajstić information content (AvgIpc) is 2.81. The van der Waals surface area contributed by atoms with Crippen molar-refractivity contribution in [3.05, 3.63) is 24.5 Å². The first kappa shape index (κ1) is 15.7. The minimum absolute atomic E-state index is 1.23. The summed E-state index contributed by atoms with van der Waals surface area (Å²) >= 11 is 0. The second-order valence-corrected chi connectivity index (χ2v) is 5.22. The van der Waals surface area contributed by atoms with Gasteiger partial charge in [-0.2, -0.15) is 13.2 Å². The number of H-pyrrole nitrogens is 1. The second-order valence-electron chi connectivity index (χ2n) is 3.85. The van der Waals surface area contributed by atoms with Crippen molar-refractivity contribution >= 4 is 15.8 Å². The first-order chi connectivity index (χ1) is 8.72. The van der Waals surface area contributed by atoms with Gasteiger partial charge in [0.05, 0.1) is 0 Å². The molecular weight excluding hydrogens is 285 g/mol. The Morgan fingerprint density at radius 1 is 1.16 bits per heavy atom. The zero-order chi connectivity index (χ0) is 14.5. The summed E-state index contributed by atoms with van der Waals surface area (Å²) in [5.41, 5.74) is -4.30. The summed E-state index contributed by atoms with van der Waals surface area (Å²) in [6, 6.07) is 4.26. The maximum absolute atomic E-state index is 10.7. The Bertz CT molecular complexity index is 484. The molecule has 1 fully saturated rings. The molecule has 1 aliphatic heterocycles. The van der Waals surface area contributed by atoms with Gasteiger partial charge in [0.2, 0.25) is 0 Å². The Balaban J connectivity index is 0.000000203. The number of pyridine rings is 1. The number of nitrogens with one attached hydrogen (secondary N) is 1. The fraction of sp³-hybridized carbons (Fsp3) is 0.500. The zero-order valence-corrected chi connectivity index (χ0v) is 10.7. The van der Waals surface area contributed by atoms with Gasteiger partial charge in [-0.05, 0) is 12.8 Å². The third-order valence-electron chi connectivity index (χ3n) is 2.46. The van der Waals surface area contributed by atoms with Gasteiger partial charge in [-0.1, -0.05) is 0 Å². The van der Waals surface area contributed by atoms with Crippen molar-refractivity contribution in [3.8, 4) is 0 Å². The standard InChI is InChI=1S/C9H12N2.CHF3O3S/c1-2-8-11(7-1)9-3-5-10-6-4-9;2-1(3,4)8(5,6)7/h3-6H,1-2,7-8H2;(H,5,6,7). The van der Waals surface area contributed by atoms with Crippen LogP contribution in [0, 0.1) is 0 Å². The molecule has 1 aromatic rings. The zero-order valence-electron chi connectivity index (χ0n) is 9.85. The maximum Gasteiger partial charge on any atom is 0.485 e. The van der Waals surface area contributed by atoms with E-state index < -0.39 is 15.6 Å². The third-order valence-corrected chi connectivity index (χ3v) is 3.02. The fourth-order valence-corrected chi connectivity index (χ4v) is 1.56. The number of hydrogen-bond donors (Lipinski definition) is 0. The molecule has 1 saturated heterocycles. The fourth-order valence-electron chi connectivity index (χ4n) is 1.56. The molecule has 2 heterocycles. The Kier molecular flexibility index (Phi) is 5.12. The minimum atomic E-state index is -6.09. The highest BCUT2D eigenvalue weighted by molar-refractivity contribution is 7.86. The highest BCUT2D eigenvalue weighted by Gasteiger charge is 2.36. The summed E-state index contributed by atoms with van der Waals surface area (Å²) in [6.07, 6.45) is 6.65. The summed E-state index contributed by atoms with van der Waals surface area (Å²) in [7, 11) is -6.09. The van der Waals surface area contributed by atoms with Gasteiger partial charge in [-0.3, -0.25) is 0 Å². The van der Waals surface area contributed by atoms with Crippen molar-refractivity contribution in [1.82, 2.24) is 0 Å². The van der Waals surface area contributed by atoms with Crippen molar-refractivity contribution in [1.29, 1.82) is 0 Å². The lowest BCUT2D eigenvalue weighted by atomic mass is 10.4. The van der Waals surface area contributed by atoms with E-state index in [2.05, 4.69) is 22.0 Å². The molecule has 108 valence electrons. The molecule has 9 heteroatoms. The highest BCUT2D eigenvalue weighted by Crippen LogP contribution is 2.20. The lowest BCUT2D eigenvalue weighted by molar-refractivity contribution is -0.377. The summed E-state index contributed by atoms with van der Waals surface area (Å²) in [5, 5.41) is 0. The number of alkyl halides is 3. The van der Waals surface area contributed by atoms with Crippen LogP contribution < -0.4 is 9.88 Å². The first-order valence-corrected chi connectivity index (χ1v) is 6.86. The number of halogens is 3. The van der Waals surface area contributed by atoms with Crippen molar-refractivity contribution in [3.63, 3.8) is 0 Å². The molecule has 0 saturated carbocycles. The molecule has 1 N–H and O–H groups in total. The quantitative estimate of drug-likeness (QED) is 0.576. The Labute approximate surface area is 108 Å². The van der Waals surface area contributed by atoms with Gasteiger partial charge in [-0.25, -0.2) is 13.4 Å². The van der Waals surface area contributed by atoms with Gasteiger partial charge < -0.3 is 9.45 Å². The van der Waals surface area contributed by atoms with E-state index in [9.17, 15) is 13.2 Å². The molecule has 2 rings (SSSR count). The van der Waals surface area contributed by atoms with Crippen LogP contribution in [0.25, 0.3) is 0 Å².